The van der Waals surface area contributed by atoms with E-state index in [2.05, 4.69) is 22.4 Å². The number of hydrogen-bond acceptors (Lipinski definition) is 3. The Kier molecular flexibility index (Phi) is 3.81. The zero-order chi connectivity index (χ0) is 10.6. The van der Waals surface area contributed by atoms with Crippen molar-refractivity contribution < 1.29 is 4.74 Å². The summed E-state index contributed by atoms with van der Waals surface area (Å²) in [5, 5.41) is 2.34. The monoisotopic (exact) mass is 207 g/mol. The van der Waals surface area contributed by atoms with Crippen LogP contribution in [0.4, 0.5) is 5.69 Å². The number of benzene rings is 1. The molecule has 0 aliphatic rings. The van der Waals surface area contributed by atoms with Gasteiger partial charge in [0.25, 0.3) is 0 Å². The topological polar surface area (TPSA) is 21.6 Å². The number of nitrogens with zero attached hydrogens (tertiary/aromatic N) is 1. The predicted molar refractivity (Wildman–Crippen MR) is 61.6 cm³/mol. The van der Waals surface area contributed by atoms with Gasteiger partial charge in [-0.25, -0.2) is 0 Å². The van der Waals surface area contributed by atoms with Crippen molar-refractivity contribution in [3.8, 4) is 5.75 Å². The van der Waals surface area contributed by atoms with E-state index < -0.39 is 0 Å². The molecule has 0 aliphatic carbocycles. The number of thiocarbonyl (C=S) groups is 1. The Morgan fingerprint density at radius 3 is 2.64 bits per heavy atom. The molecule has 74 valence electrons. The number of ether oxygens (including phenoxy) is 1. The number of aryl methyl sites for hydroxylation is 1. The van der Waals surface area contributed by atoms with Crippen LogP contribution in [0, 0.1) is 6.92 Å². The average molecular weight is 207 g/mol. The van der Waals surface area contributed by atoms with E-state index in [4.69, 9.17) is 4.74 Å². The SMILES string of the molecule is Cc1cc(N=C=S)ccc1OC(C)C. The van der Waals surface area contributed by atoms with E-state index in [1.54, 1.807) is 0 Å². The first-order valence-electron chi connectivity index (χ1n) is 4.48. The summed E-state index contributed by atoms with van der Waals surface area (Å²) < 4.78 is 5.59. The van der Waals surface area contributed by atoms with Gasteiger partial charge in [0.1, 0.15) is 5.75 Å². The van der Waals surface area contributed by atoms with Crippen LogP contribution in [0.2, 0.25) is 0 Å². The number of hydrogen-bond donors (Lipinski definition) is 0. The van der Waals surface area contributed by atoms with Gasteiger partial charge in [0.15, 0.2) is 0 Å². The molecule has 0 amide bonds. The second-order valence-corrected chi connectivity index (χ2v) is 3.50. The molecule has 3 heteroatoms. The lowest BCUT2D eigenvalue weighted by molar-refractivity contribution is 0.241. The largest absolute Gasteiger partial charge is 0.491 e. The van der Waals surface area contributed by atoms with Crippen LogP contribution in [0.1, 0.15) is 19.4 Å². The highest BCUT2D eigenvalue weighted by atomic mass is 32.1. The lowest BCUT2D eigenvalue weighted by atomic mass is 10.2. The summed E-state index contributed by atoms with van der Waals surface area (Å²) in [6, 6.07) is 5.70. The van der Waals surface area contributed by atoms with E-state index >= 15 is 0 Å². The van der Waals surface area contributed by atoms with Crippen LogP contribution in [0.5, 0.6) is 5.75 Å². The Bertz CT molecular complexity index is 368. The van der Waals surface area contributed by atoms with Crippen LogP contribution in [0.3, 0.4) is 0 Å². The third-order valence-electron chi connectivity index (χ3n) is 1.70. The minimum atomic E-state index is 0.188. The molecule has 0 spiro atoms. The zero-order valence-electron chi connectivity index (χ0n) is 8.57. The van der Waals surface area contributed by atoms with Crippen molar-refractivity contribution in [3.63, 3.8) is 0 Å². The van der Waals surface area contributed by atoms with Crippen LogP contribution < -0.4 is 4.74 Å². The smallest absolute Gasteiger partial charge is 0.122 e. The molecule has 0 N–H and O–H groups in total. The first-order valence-corrected chi connectivity index (χ1v) is 4.89. The minimum Gasteiger partial charge on any atom is -0.491 e. The summed E-state index contributed by atoms with van der Waals surface area (Å²) in [6.07, 6.45) is 0.188. The molecule has 1 rings (SSSR count). The summed E-state index contributed by atoms with van der Waals surface area (Å²) in [4.78, 5) is 3.90. The van der Waals surface area contributed by atoms with Gasteiger partial charge in [-0.3, -0.25) is 0 Å². The first kappa shape index (κ1) is 10.9. The van der Waals surface area contributed by atoms with Gasteiger partial charge >= 0.3 is 0 Å². The normalized spacial score (nSPS) is 9.71. The van der Waals surface area contributed by atoms with Gasteiger partial charge < -0.3 is 4.74 Å². The predicted octanol–water partition coefficient (Wildman–Crippen LogP) is 3.52. The Morgan fingerprint density at radius 2 is 2.14 bits per heavy atom. The van der Waals surface area contributed by atoms with Crippen molar-refractivity contribution in [2.45, 2.75) is 26.9 Å². The summed E-state index contributed by atoms with van der Waals surface area (Å²) >= 11 is 4.53. The second-order valence-electron chi connectivity index (χ2n) is 3.32. The Labute approximate surface area is 89.6 Å². The molecule has 14 heavy (non-hydrogen) atoms. The Balaban J connectivity index is 2.95. The van der Waals surface area contributed by atoms with Crippen LogP contribution in [0.25, 0.3) is 0 Å². The summed E-state index contributed by atoms with van der Waals surface area (Å²) in [5.41, 5.74) is 1.87. The van der Waals surface area contributed by atoms with E-state index in [9.17, 15) is 0 Å². The summed E-state index contributed by atoms with van der Waals surface area (Å²) in [5.74, 6) is 0.892. The highest BCUT2D eigenvalue weighted by molar-refractivity contribution is 7.78. The molecule has 0 radical (unpaired) electrons. The molecule has 1 aromatic carbocycles. The van der Waals surface area contributed by atoms with E-state index in [0.29, 0.717) is 0 Å². The molecular weight excluding hydrogens is 194 g/mol. The van der Waals surface area contributed by atoms with E-state index in [1.165, 1.54) is 0 Å². The number of aliphatic imine (C=N–C) groups is 1. The maximum Gasteiger partial charge on any atom is 0.122 e. The second kappa shape index (κ2) is 4.89. The van der Waals surface area contributed by atoms with Gasteiger partial charge in [0.05, 0.1) is 17.0 Å². The van der Waals surface area contributed by atoms with Crippen LogP contribution in [-0.4, -0.2) is 11.3 Å². The zero-order valence-corrected chi connectivity index (χ0v) is 9.39. The highest BCUT2D eigenvalue weighted by Crippen LogP contribution is 2.24. The van der Waals surface area contributed by atoms with Gasteiger partial charge in [-0.1, -0.05) is 0 Å². The van der Waals surface area contributed by atoms with Crippen molar-refractivity contribution in [3.05, 3.63) is 23.8 Å². The molecule has 1 aromatic rings. The number of isothiocyanates is 1. The number of rotatable bonds is 3. The summed E-state index contributed by atoms with van der Waals surface area (Å²) in [6.45, 7) is 5.99. The fourth-order valence-corrected chi connectivity index (χ4v) is 1.25. The van der Waals surface area contributed by atoms with Crippen molar-refractivity contribution >= 4 is 23.1 Å². The standard InChI is InChI=1S/C11H13NOS/c1-8(2)13-11-5-4-10(12-7-14)6-9(11)3/h4-6,8H,1-3H3. The van der Waals surface area contributed by atoms with E-state index in [-0.39, 0.29) is 6.10 Å². The molecule has 0 atom stereocenters. The fourth-order valence-electron chi connectivity index (χ4n) is 1.14. The molecule has 0 bridgehead atoms. The van der Waals surface area contributed by atoms with Crippen LogP contribution in [-0.2, 0) is 0 Å². The lowest BCUT2D eigenvalue weighted by Crippen LogP contribution is -2.06. The maximum atomic E-state index is 5.59. The van der Waals surface area contributed by atoms with Crippen molar-refractivity contribution in [2.75, 3.05) is 0 Å². The maximum absolute atomic E-state index is 5.59. The highest BCUT2D eigenvalue weighted by Gasteiger charge is 2.02. The van der Waals surface area contributed by atoms with Gasteiger partial charge in [0, 0.05) is 0 Å². The molecule has 0 fully saturated rings. The molecule has 2 nitrogen and oxygen atoms in total. The van der Waals surface area contributed by atoms with Gasteiger partial charge in [-0.15, -0.1) is 0 Å². The first-order chi connectivity index (χ1) is 6.63. The van der Waals surface area contributed by atoms with Gasteiger partial charge in [-0.2, -0.15) is 4.99 Å². The van der Waals surface area contributed by atoms with E-state index in [1.807, 2.05) is 39.0 Å². The van der Waals surface area contributed by atoms with Gasteiger partial charge in [0.2, 0.25) is 0 Å². The third-order valence-corrected chi connectivity index (χ3v) is 1.79. The molecule has 0 saturated carbocycles. The summed E-state index contributed by atoms with van der Waals surface area (Å²) in [7, 11) is 0. The molecular formula is C11H13NOS. The minimum absolute atomic E-state index is 0.188. The molecule has 0 unspecified atom stereocenters. The molecule has 0 aromatic heterocycles. The van der Waals surface area contributed by atoms with Crippen molar-refractivity contribution in [1.29, 1.82) is 0 Å². The Hall–Kier alpha value is -1.18. The molecule has 0 heterocycles. The molecule has 0 aliphatic heterocycles. The van der Waals surface area contributed by atoms with Crippen molar-refractivity contribution in [1.82, 2.24) is 0 Å². The Morgan fingerprint density at radius 1 is 1.43 bits per heavy atom. The third kappa shape index (κ3) is 2.95. The van der Waals surface area contributed by atoms with Crippen molar-refractivity contribution in [2.24, 2.45) is 4.99 Å². The average Bonchev–Trinajstić information content (AvgIpc) is 2.10. The van der Waals surface area contributed by atoms with Crippen LogP contribution in [0.15, 0.2) is 23.2 Å². The van der Waals surface area contributed by atoms with Gasteiger partial charge in [-0.05, 0) is 56.8 Å². The quantitative estimate of drug-likeness (QED) is 0.558. The fraction of sp³-hybridized carbons (Fsp3) is 0.364. The van der Waals surface area contributed by atoms with Crippen LogP contribution >= 0.6 is 12.2 Å². The molecule has 0 saturated heterocycles. The lowest BCUT2D eigenvalue weighted by Gasteiger charge is -2.12. The van der Waals surface area contributed by atoms with E-state index in [0.717, 1.165) is 17.0 Å².